The average molecular weight is 400 g/mol. The lowest BCUT2D eigenvalue weighted by Gasteiger charge is -2.22. The van der Waals surface area contributed by atoms with Crippen LogP contribution < -0.4 is 10.5 Å². The predicted molar refractivity (Wildman–Crippen MR) is 118 cm³/mol. The van der Waals surface area contributed by atoms with Gasteiger partial charge in [0.1, 0.15) is 5.39 Å². The number of nitrogens with one attached hydrogen (secondary N) is 1. The van der Waals surface area contributed by atoms with Crippen molar-refractivity contribution in [2.24, 2.45) is 0 Å². The van der Waals surface area contributed by atoms with E-state index in [4.69, 9.17) is 4.98 Å². The van der Waals surface area contributed by atoms with Crippen molar-refractivity contribution >= 4 is 17.0 Å². The largest absolute Gasteiger partial charge is 0.341 e. The number of aromatic amines is 1. The van der Waals surface area contributed by atoms with Gasteiger partial charge in [-0.1, -0.05) is 48.5 Å². The van der Waals surface area contributed by atoms with Gasteiger partial charge in [-0.3, -0.25) is 14.7 Å². The van der Waals surface area contributed by atoms with Gasteiger partial charge in [0.15, 0.2) is 5.65 Å². The van der Waals surface area contributed by atoms with E-state index < -0.39 is 0 Å². The van der Waals surface area contributed by atoms with Crippen LogP contribution in [0.15, 0.2) is 71.7 Å². The molecule has 3 heterocycles. The summed E-state index contributed by atoms with van der Waals surface area (Å²) in [5, 5.41) is 4.90. The molecule has 1 fully saturated rings. The van der Waals surface area contributed by atoms with E-state index in [1.807, 2.05) is 36.4 Å². The maximum atomic E-state index is 12.7. The molecule has 0 bridgehead atoms. The molecule has 7 heteroatoms. The van der Waals surface area contributed by atoms with Crippen molar-refractivity contribution in [2.45, 2.75) is 13.0 Å². The molecule has 152 valence electrons. The lowest BCUT2D eigenvalue weighted by Crippen LogP contribution is -2.32. The Bertz CT molecular complexity index is 1180. The second-order valence-corrected chi connectivity index (χ2v) is 7.62. The van der Waals surface area contributed by atoms with Gasteiger partial charge in [0.25, 0.3) is 5.56 Å². The molecule has 0 aliphatic carbocycles. The average Bonchev–Trinajstić information content (AvgIpc) is 3.08. The summed E-state index contributed by atoms with van der Waals surface area (Å²) in [5.74, 6) is 0.617. The highest BCUT2D eigenvalue weighted by atomic mass is 16.1. The molecule has 2 aromatic heterocycles. The van der Waals surface area contributed by atoms with Crippen LogP contribution in [0.5, 0.6) is 0 Å². The number of fused-ring (bicyclic) bond motifs is 1. The van der Waals surface area contributed by atoms with Gasteiger partial charge in [-0.2, -0.15) is 10.1 Å². The zero-order valence-corrected chi connectivity index (χ0v) is 16.7. The van der Waals surface area contributed by atoms with Crippen LogP contribution in [0.25, 0.3) is 16.7 Å². The van der Waals surface area contributed by atoms with Crippen molar-refractivity contribution in [3.05, 3.63) is 82.8 Å². The van der Waals surface area contributed by atoms with Crippen LogP contribution in [0.1, 0.15) is 12.0 Å². The van der Waals surface area contributed by atoms with Gasteiger partial charge >= 0.3 is 0 Å². The molecule has 1 saturated heterocycles. The third-order valence-corrected chi connectivity index (χ3v) is 5.56. The molecule has 2 aromatic carbocycles. The first-order valence-electron chi connectivity index (χ1n) is 10.3. The molecule has 4 aromatic rings. The van der Waals surface area contributed by atoms with Crippen molar-refractivity contribution in [1.82, 2.24) is 24.6 Å². The van der Waals surface area contributed by atoms with E-state index >= 15 is 0 Å². The Kier molecular flexibility index (Phi) is 5.03. The summed E-state index contributed by atoms with van der Waals surface area (Å²) >= 11 is 0. The van der Waals surface area contributed by atoms with E-state index in [9.17, 15) is 4.79 Å². The predicted octanol–water partition coefficient (Wildman–Crippen LogP) is 2.82. The molecule has 0 amide bonds. The lowest BCUT2D eigenvalue weighted by atomic mass is 10.2. The van der Waals surface area contributed by atoms with Crippen LogP contribution in [0.3, 0.4) is 0 Å². The Balaban J connectivity index is 1.40. The summed E-state index contributed by atoms with van der Waals surface area (Å²) in [4.78, 5) is 25.1. The molecule has 1 N–H and O–H groups in total. The number of aromatic nitrogens is 4. The van der Waals surface area contributed by atoms with Crippen LogP contribution in [0.2, 0.25) is 0 Å². The summed E-state index contributed by atoms with van der Waals surface area (Å²) in [6.45, 7) is 4.58. The maximum Gasteiger partial charge on any atom is 0.263 e. The van der Waals surface area contributed by atoms with Gasteiger partial charge in [0.2, 0.25) is 5.95 Å². The number of anilines is 1. The minimum Gasteiger partial charge on any atom is -0.341 e. The summed E-state index contributed by atoms with van der Waals surface area (Å²) in [6.07, 6.45) is 2.61. The van der Waals surface area contributed by atoms with Crippen LogP contribution in [0, 0.1) is 0 Å². The summed E-state index contributed by atoms with van der Waals surface area (Å²) in [6, 6.07) is 20.3. The molecular formula is C23H24N6O. The zero-order valence-electron chi connectivity index (χ0n) is 16.7. The molecular weight excluding hydrogens is 376 g/mol. The van der Waals surface area contributed by atoms with Gasteiger partial charge in [0, 0.05) is 32.7 Å². The fraction of sp³-hybridized carbons (Fsp3) is 0.261. The minimum atomic E-state index is -0.150. The van der Waals surface area contributed by atoms with E-state index in [2.05, 4.69) is 44.1 Å². The van der Waals surface area contributed by atoms with E-state index in [-0.39, 0.29) is 5.56 Å². The SMILES string of the molecule is O=c1[nH]c(N2CCCN(Cc3ccccc3)CC2)nc2c1cnn2-c1ccccc1. The fourth-order valence-corrected chi connectivity index (χ4v) is 4.00. The summed E-state index contributed by atoms with van der Waals surface area (Å²) < 4.78 is 1.73. The molecule has 0 radical (unpaired) electrons. The highest BCUT2D eigenvalue weighted by molar-refractivity contribution is 5.76. The molecule has 1 aliphatic rings. The fourth-order valence-electron chi connectivity index (χ4n) is 4.00. The maximum absolute atomic E-state index is 12.7. The van der Waals surface area contributed by atoms with Crippen molar-refractivity contribution in [3.8, 4) is 5.69 Å². The Morgan fingerprint density at radius 2 is 1.67 bits per heavy atom. The lowest BCUT2D eigenvalue weighted by molar-refractivity contribution is 0.285. The van der Waals surface area contributed by atoms with E-state index in [1.54, 1.807) is 10.9 Å². The Hall–Kier alpha value is -3.45. The molecule has 7 nitrogen and oxygen atoms in total. The zero-order chi connectivity index (χ0) is 20.3. The number of nitrogens with zero attached hydrogens (tertiary/aromatic N) is 5. The van der Waals surface area contributed by atoms with Crippen LogP contribution >= 0.6 is 0 Å². The Morgan fingerprint density at radius 3 is 2.47 bits per heavy atom. The van der Waals surface area contributed by atoms with Gasteiger partial charge in [-0.05, 0) is 24.1 Å². The standard InChI is InChI=1S/C23H24N6O/c30-22-20-16-24-29(19-10-5-2-6-11-19)21(20)25-23(26-22)28-13-7-12-27(14-15-28)17-18-8-3-1-4-9-18/h1-6,8-11,16H,7,12-15,17H2,(H,25,26,30). The van der Waals surface area contributed by atoms with Crippen molar-refractivity contribution in [1.29, 1.82) is 0 Å². The van der Waals surface area contributed by atoms with Crippen molar-refractivity contribution < 1.29 is 0 Å². The monoisotopic (exact) mass is 400 g/mol. The molecule has 0 saturated carbocycles. The third kappa shape index (κ3) is 3.71. The quantitative estimate of drug-likeness (QED) is 0.570. The van der Waals surface area contributed by atoms with Gasteiger partial charge in [-0.15, -0.1) is 0 Å². The molecule has 0 spiro atoms. The number of hydrogen-bond donors (Lipinski definition) is 1. The van der Waals surface area contributed by atoms with Crippen molar-refractivity contribution in [2.75, 3.05) is 31.1 Å². The number of rotatable bonds is 4. The first kappa shape index (κ1) is 18.6. The van der Waals surface area contributed by atoms with E-state index in [1.165, 1.54) is 5.56 Å². The molecule has 5 rings (SSSR count). The summed E-state index contributed by atoms with van der Waals surface area (Å²) in [5.41, 5.74) is 2.65. The van der Waals surface area contributed by atoms with Gasteiger partial charge < -0.3 is 4.90 Å². The second kappa shape index (κ2) is 8.12. The van der Waals surface area contributed by atoms with E-state index in [0.717, 1.165) is 44.8 Å². The van der Waals surface area contributed by atoms with Gasteiger partial charge in [0.05, 0.1) is 11.9 Å². The Labute approximate surface area is 174 Å². The number of para-hydroxylation sites is 1. The van der Waals surface area contributed by atoms with E-state index in [0.29, 0.717) is 17.0 Å². The normalized spacial score (nSPS) is 15.4. The number of benzene rings is 2. The van der Waals surface area contributed by atoms with Crippen LogP contribution in [-0.2, 0) is 6.54 Å². The second-order valence-electron chi connectivity index (χ2n) is 7.62. The van der Waals surface area contributed by atoms with Crippen LogP contribution in [-0.4, -0.2) is 50.8 Å². The highest BCUT2D eigenvalue weighted by Gasteiger charge is 2.19. The Morgan fingerprint density at radius 1 is 0.900 bits per heavy atom. The smallest absolute Gasteiger partial charge is 0.263 e. The molecule has 30 heavy (non-hydrogen) atoms. The first-order chi connectivity index (χ1) is 14.8. The molecule has 0 atom stereocenters. The minimum absolute atomic E-state index is 0.150. The molecule has 0 unspecified atom stereocenters. The van der Waals surface area contributed by atoms with Crippen LogP contribution in [0.4, 0.5) is 5.95 Å². The summed E-state index contributed by atoms with van der Waals surface area (Å²) in [7, 11) is 0. The highest BCUT2D eigenvalue weighted by Crippen LogP contribution is 2.18. The van der Waals surface area contributed by atoms with Crippen molar-refractivity contribution in [3.63, 3.8) is 0 Å². The number of H-pyrrole nitrogens is 1. The first-order valence-corrected chi connectivity index (χ1v) is 10.3. The third-order valence-electron chi connectivity index (χ3n) is 5.56. The molecule has 1 aliphatic heterocycles. The number of hydrogen-bond acceptors (Lipinski definition) is 5. The topological polar surface area (TPSA) is 70.1 Å². The van der Waals surface area contributed by atoms with Gasteiger partial charge in [-0.25, -0.2) is 4.68 Å².